The number of rotatable bonds is 4. The van der Waals surface area contributed by atoms with Crippen LogP contribution in [-0.2, 0) is 13.5 Å². The standard InChI is InChI=1S/C15H21N3/c1-18-11-17-14-10-12(6-7-15(14)18)8-9-16-13-4-2-3-5-13/h6-7,10-11,13,16H,2-5,8-9H2,1H3. The lowest BCUT2D eigenvalue weighted by Gasteiger charge is -2.11. The van der Waals surface area contributed by atoms with Crippen molar-refractivity contribution >= 4 is 11.0 Å². The van der Waals surface area contributed by atoms with Crippen molar-refractivity contribution in [2.45, 2.75) is 38.1 Å². The largest absolute Gasteiger partial charge is 0.334 e. The molecule has 3 nitrogen and oxygen atoms in total. The minimum atomic E-state index is 0.767. The molecule has 0 amide bonds. The molecule has 3 heteroatoms. The minimum absolute atomic E-state index is 0.767. The molecule has 1 N–H and O–H groups in total. The Morgan fingerprint density at radius 3 is 3.00 bits per heavy atom. The predicted octanol–water partition coefficient (Wildman–Crippen LogP) is 2.65. The van der Waals surface area contributed by atoms with Crippen molar-refractivity contribution in [3.05, 3.63) is 30.1 Å². The monoisotopic (exact) mass is 243 g/mol. The normalized spacial score (nSPS) is 16.7. The summed E-state index contributed by atoms with van der Waals surface area (Å²) in [5, 5.41) is 3.66. The molecule has 1 aliphatic rings. The molecular weight excluding hydrogens is 222 g/mol. The van der Waals surface area contributed by atoms with Crippen LogP contribution in [0.2, 0.25) is 0 Å². The van der Waals surface area contributed by atoms with Crippen molar-refractivity contribution in [2.75, 3.05) is 6.54 Å². The Hall–Kier alpha value is -1.35. The van der Waals surface area contributed by atoms with E-state index in [9.17, 15) is 0 Å². The molecule has 96 valence electrons. The zero-order chi connectivity index (χ0) is 12.4. The number of imidazole rings is 1. The first-order valence-corrected chi connectivity index (χ1v) is 6.96. The highest BCUT2D eigenvalue weighted by Crippen LogP contribution is 2.18. The Bertz CT molecular complexity index is 524. The fourth-order valence-corrected chi connectivity index (χ4v) is 2.89. The maximum Gasteiger partial charge on any atom is 0.0955 e. The van der Waals surface area contributed by atoms with Crippen molar-refractivity contribution < 1.29 is 0 Å². The molecule has 1 heterocycles. The molecule has 3 rings (SSSR count). The first-order chi connectivity index (χ1) is 8.83. The molecule has 0 bridgehead atoms. The number of aromatic nitrogens is 2. The molecule has 1 aromatic carbocycles. The molecular formula is C15H21N3. The Labute approximate surface area is 108 Å². The Morgan fingerprint density at radius 1 is 1.33 bits per heavy atom. The second-order valence-electron chi connectivity index (χ2n) is 5.36. The van der Waals surface area contributed by atoms with Crippen LogP contribution in [0, 0.1) is 0 Å². The third-order valence-electron chi connectivity index (χ3n) is 3.99. The number of fused-ring (bicyclic) bond motifs is 1. The van der Waals surface area contributed by atoms with Crippen molar-refractivity contribution in [1.29, 1.82) is 0 Å². The number of nitrogens with one attached hydrogen (secondary N) is 1. The Morgan fingerprint density at radius 2 is 2.17 bits per heavy atom. The van der Waals surface area contributed by atoms with Gasteiger partial charge in [-0.15, -0.1) is 0 Å². The van der Waals surface area contributed by atoms with Gasteiger partial charge in [0.15, 0.2) is 0 Å². The molecule has 0 aliphatic heterocycles. The molecule has 1 saturated carbocycles. The molecule has 18 heavy (non-hydrogen) atoms. The lowest BCUT2D eigenvalue weighted by atomic mass is 10.1. The number of aryl methyl sites for hydroxylation is 1. The summed E-state index contributed by atoms with van der Waals surface area (Å²) >= 11 is 0. The second-order valence-corrected chi connectivity index (χ2v) is 5.36. The van der Waals surface area contributed by atoms with Crippen LogP contribution in [-0.4, -0.2) is 22.1 Å². The van der Waals surface area contributed by atoms with Crippen LogP contribution in [0.4, 0.5) is 0 Å². The summed E-state index contributed by atoms with van der Waals surface area (Å²) in [6, 6.07) is 7.38. The van der Waals surface area contributed by atoms with Crippen LogP contribution >= 0.6 is 0 Å². The summed E-state index contributed by atoms with van der Waals surface area (Å²) in [5.41, 5.74) is 3.70. The van der Waals surface area contributed by atoms with Gasteiger partial charge in [-0.25, -0.2) is 4.98 Å². The van der Waals surface area contributed by atoms with Crippen LogP contribution in [0.3, 0.4) is 0 Å². The minimum Gasteiger partial charge on any atom is -0.334 e. The molecule has 1 aromatic heterocycles. The molecule has 0 spiro atoms. The lowest BCUT2D eigenvalue weighted by molar-refractivity contribution is 0.528. The average molecular weight is 243 g/mol. The van der Waals surface area contributed by atoms with Gasteiger partial charge in [-0.05, 0) is 43.5 Å². The summed E-state index contributed by atoms with van der Waals surface area (Å²) < 4.78 is 2.07. The molecule has 0 atom stereocenters. The van der Waals surface area contributed by atoms with Crippen molar-refractivity contribution in [1.82, 2.24) is 14.9 Å². The van der Waals surface area contributed by atoms with Gasteiger partial charge in [0, 0.05) is 13.1 Å². The van der Waals surface area contributed by atoms with Crippen molar-refractivity contribution in [3.8, 4) is 0 Å². The van der Waals surface area contributed by atoms with Gasteiger partial charge in [-0.2, -0.15) is 0 Å². The van der Waals surface area contributed by atoms with Crippen LogP contribution in [0.1, 0.15) is 31.2 Å². The number of hydrogen-bond donors (Lipinski definition) is 1. The molecule has 0 radical (unpaired) electrons. The van der Waals surface area contributed by atoms with Gasteiger partial charge in [-0.1, -0.05) is 18.9 Å². The maximum atomic E-state index is 4.41. The lowest BCUT2D eigenvalue weighted by Crippen LogP contribution is -2.27. The van der Waals surface area contributed by atoms with E-state index in [1.807, 2.05) is 13.4 Å². The highest BCUT2D eigenvalue weighted by atomic mass is 15.0. The summed E-state index contributed by atoms with van der Waals surface area (Å²) in [5.74, 6) is 0. The fraction of sp³-hybridized carbons (Fsp3) is 0.533. The number of hydrogen-bond acceptors (Lipinski definition) is 2. The van der Waals surface area contributed by atoms with E-state index in [1.165, 1.54) is 36.8 Å². The summed E-state index contributed by atoms with van der Waals surface area (Å²) in [4.78, 5) is 4.41. The van der Waals surface area contributed by atoms with Gasteiger partial charge < -0.3 is 9.88 Å². The number of nitrogens with zero attached hydrogens (tertiary/aromatic N) is 2. The first kappa shape index (κ1) is 11.7. The first-order valence-electron chi connectivity index (χ1n) is 6.96. The smallest absolute Gasteiger partial charge is 0.0955 e. The molecule has 1 fully saturated rings. The highest BCUT2D eigenvalue weighted by Gasteiger charge is 2.13. The van der Waals surface area contributed by atoms with Crippen molar-refractivity contribution in [2.24, 2.45) is 7.05 Å². The SMILES string of the molecule is Cn1cnc2cc(CCNC3CCCC3)ccc21. The third kappa shape index (κ3) is 2.41. The average Bonchev–Trinajstić information content (AvgIpc) is 3.00. The Balaban J connectivity index is 1.60. The summed E-state index contributed by atoms with van der Waals surface area (Å²) in [7, 11) is 2.04. The zero-order valence-corrected chi connectivity index (χ0v) is 11.0. The highest BCUT2D eigenvalue weighted by molar-refractivity contribution is 5.75. The zero-order valence-electron chi connectivity index (χ0n) is 11.0. The van der Waals surface area contributed by atoms with E-state index in [-0.39, 0.29) is 0 Å². The molecule has 2 aromatic rings. The third-order valence-corrected chi connectivity index (χ3v) is 3.99. The second kappa shape index (κ2) is 5.11. The van der Waals surface area contributed by atoms with E-state index in [2.05, 4.69) is 33.1 Å². The summed E-state index contributed by atoms with van der Waals surface area (Å²) in [6.45, 7) is 1.09. The predicted molar refractivity (Wildman–Crippen MR) is 74.7 cm³/mol. The Kier molecular flexibility index (Phi) is 3.33. The van der Waals surface area contributed by atoms with Gasteiger partial charge in [0.2, 0.25) is 0 Å². The van der Waals surface area contributed by atoms with Gasteiger partial charge in [0.1, 0.15) is 0 Å². The summed E-state index contributed by atoms with van der Waals surface area (Å²) in [6.07, 6.45) is 8.50. The van der Waals surface area contributed by atoms with E-state index in [0.717, 1.165) is 24.5 Å². The van der Waals surface area contributed by atoms with Crippen LogP contribution in [0.5, 0.6) is 0 Å². The van der Waals surface area contributed by atoms with E-state index in [0.29, 0.717) is 0 Å². The topological polar surface area (TPSA) is 29.9 Å². The van der Waals surface area contributed by atoms with Gasteiger partial charge in [0.25, 0.3) is 0 Å². The van der Waals surface area contributed by atoms with E-state index in [4.69, 9.17) is 0 Å². The van der Waals surface area contributed by atoms with E-state index >= 15 is 0 Å². The van der Waals surface area contributed by atoms with E-state index in [1.54, 1.807) is 0 Å². The van der Waals surface area contributed by atoms with E-state index < -0.39 is 0 Å². The quantitative estimate of drug-likeness (QED) is 0.894. The van der Waals surface area contributed by atoms with Crippen LogP contribution < -0.4 is 5.32 Å². The fourth-order valence-electron chi connectivity index (χ4n) is 2.89. The molecule has 0 unspecified atom stereocenters. The molecule has 1 aliphatic carbocycles. The molecule has 0 saturated heterocycles. The van der Waals surface area contributed by atoms with Gasteiger partial charge >= 0.3 is 0 Å². The maximum absolute atomic E-state index is 4.41. The van der Waals surface area contributed by atoms with Crippen LogP contribution in [0.15, 0.2) is 24.5 Å². The number of benzene rings is 1. The van der Waals surface area contributed by atoms with Crippen molar-refractivity contribution in [3.63, 3.8) is 0 Å². The van der Waals surface area contributed by atoms with Crippen LogP contribution in [0.25, 0.3) is 11.0 Å². The van der Waals surface area contributed by atoms with Gasteiger partial charge in [-0.3, -0.25) is 0 Å². The van der Waals surface area contributed by atoms with Gasteiger partial charge in [0.05, 0.1) is 17.4 Å².